The molecule has 0 aliphatic heterocycles. The summed E-state index contributed by atoms with van der Waals surface area (Å²) in [4.78, 5) is 25.4. The molecule has 0 spiro atoms. The summed E-state index contributed by atoms with van der Waals surface area (Å²) in [6.07, 6.45) is 3.10. The normalized spacial score (nSPS) is 11.0. The third kappa shape index (κ3) is 7.76. The van der Waals surface area contributed by atoms with Gasteiger partial charge in [-0.05, 0) is 74.3 Å². The molecule has 0 heterocycles. The van der Waals surface area contributed by atoms with Crippen molar-refractivity contribution < 1.29 is 19.1 Å². The van der Waals surface area contributed by atoms with Crippen LogP contribution in [0.2, 0.25) is 0 Å². The van der Waals surface area contributed by atoms with E-state index in [1.165, 1.54) is 21.1 Å². The summed E-state index contributed by atoms with van der Waals surface area (Å²) < 4.78 is 11.3. The maximum Gasteiger partial charge on any atom is 0.415 e. The molecule has 0 atom stereocenters. The highest BCUT2D eigenvalue weighted by atomic mass is 127. The van der Waals surface area contributed by atoms with E-state index in [2.05, 4.69) is 46.0 Å². The summed E-state index contributed by atoms with van der Waals surface area (Å²) in [7, 11) is 1.27. The van der Waals surface area contributed by atoms with E-state index in [-0.39, 0.29) is 5.70 Å². The molecule has 6 heteroatoms. The Hall–Kier alpha value is -1.57. The minimum absolute atomic E-state index is 0.000595. The largest absolute Gasteiger partial charge is 0.464 e. The highest BCUT2D eigenvalue weighted by molar-refractivity contribution is 14.1. The number of hydrogen-bond acceptors (Lipinski definition) is 4. The molecule has 0 aliphatic carbocycles. The fraction of sp³-hybridized carbons (Fsp3) is 0.500. The summed E-state index contributed by atoms with van der Waals surface area (Å²) in [5.41, 5.74) is 0.686. The van der Waals surface area contributed by atoms with Crippen LogP contribution in [0.25, 0.3) is 0 Å². The Balaban J connectivity index is 2.57. The fourth-order valence-electron chi connectivity index (χ4n) is 2.34. The Morgan fingerprint density at radius 3 is 2.38 bits per heavy atom. The zero-order valence-electron chi connectivity index (χ0n) is 16.0. The number of methoxy groups -OCH3 is 1. The van der Waals surface area contributed by atoms with Crippen molar-refractivity contribution in [1.29, 1.82) is 0 Å². The lowest BCUT2D eigenvalue weighted by Crippen LogP contribution is -2.39. The Bertz CT molecular complexity index is 637. The van der Waals surface area contributed by atoms with Gasteiger partial charge in [0.25, 0.3) is 0 Å². The molecule has 1 aromatic rings. The Morgan fingerprint density at radius 1 is 1.15 bits per heavy atom. The molecule has 1 amide bonds. The molecule has 0 unspecified atom stereocenters. The van der Waals surface area contributed by atoms with Crippen molar-refractivity contribution in [2.24, 2.45) is 0 Å². The minimum atomic E-state index is -0.643. The molecule has 0 radical (unpaired) electrons. The van der Waals surface area contributed by atoms with Crippen LogP contribution in [0.1, 0.15) is 45.6 Å². The van der Waals surface area contributed by atoms with Crippen molar-refractivity contribution in [3.8, 4) is 0 Å². The van der Waals surface area contributed by atoms with Crippen molar-refractivity contribution in [2.45, 2.75) is 52.1 Å². The van der Waals surface area contributed by atoms with Gasteiger partial charge < -0.3 is 9.47 Å². The first-order valence-electron chi connectivity index (χ1n) is 8.67. The van der Waals surface area contributed by atoms with E-state index in [1.54, 1.807) is 20.8 Å². The zero-order chi connectivity index (χ0) is 19.7. The number of nitrogens with zero attached hydrogens (tertiary/aromatic N) is 1. The average molecular weight is 473 g/mol. The Kier molecular flexibility index (Phi) is 9.12. The monoisotopic (exact) mass is 473 g/mol. The van der Waals surface area contributed by atoms with Gasteiger partial charge in [0.15, 0.2) is 0 Å². The van der Waals surface area contributed by atoms with Crippen LogP contribution in [0.15, 0.2) is 36.5 Å². The van der Waals surface area contributed by atoms with Crippen LogP contribution in [0.4, 0.5) is 4.79 Å². The van der Waals surface area contributed by atoms with Gasteiger partial charge in [-0.1, -0.05) is 31.2 Å². The number of ether oxygens (including phenoxy) is 2. The smallest absolute Gasteiger partial charge is 0.415 e. The maximum absolute atomic E-state index is 12.4. The molecular weight excluding hydrogens is 445 g/mol. The summed E-state index contributed by atoms with van der Waals surface area (Å²) in [6.45, 7) is 9.40. The van der Waals surface area contributed by atoms with E-state index in [4.69, 9.17) is 4.74 Å². The number of halogens is 1. The molecule has 0 aliphatic rings. The first-order chi connectivity index (χ1) is 12.2. The molecular formula is C20H28INO4. The maximum atomic E-state index is 12.4. The van der Waals surface area contributed by atoms with Crippen molar-refractivity contribution in [3.05, 3.63) is 45.7 Å². The van der Waals surface area contributed by atoms with Crippen LogP contribution in [-0.2, 0) is 20.7 Å². The van der Waals surface area contributed by atoms with E-state index < -0.39 is 17.7 Å². The van der Waals surface area contributed by atoms with E-state index in [0.29, 0.717) is 6.54 Å². The van der Waals surface area contributed by atoms with Crippen LogP contribution in [0.5, 0.6) is 0 Å². The van der Waals surface area contributed by atoms with Crippen LogP contribution in [0.3, 0.4) is 0 Å². The summed E-state index contributed by atoms with van der Waals surface area (Å²) in [6, 6.07) is 8.30. The number of aryl methyl sites for hydroxylation is 1. The predicted octanol–water partition coefficient (Wildman–Crippen LogP) is 4.93. The van der Waals surface area contributed by atoms with Gasteiger partial charge in [-0.2, -0.15) is 0 Å². The SMILES string of the molecule is C=C(C(=O)OC)N(CCCCCc1ccccc1I)C(=O)OC(C)(C)C. The number of esters is 1. The van der Waals surface area contributed by atoms with E-state index in [9.17, 15) is 9.59 Å². The van der Waals surface area contributed by atoms with E-state index in [0.717, 1.165) is 25.7 Å². The van der Waals surface area contributed by atoms with Crippen molar-refractivity contribution in [2.75, 3.05) is 13.7 Å². The topological polar surface area (TPSA) is 55.8 Å². The number of hydrogen-bond donors (Lipinski definition) is 0. The number of amides is 1. The molecule has 5 nitrogen and oxygen atoms in total. The van der Waals surface area contributed by atoms with Crippen LogP contribution < -0.4 is 0 Å². The number of unbranched alkanes of at least 4 members (excludes halogenated alkanes) is 2. The average Bonchev–Trinajstić information content (AvgIpc) is 2.56. The van der Waals surface area contributed by atoms with Gasteiger partial charge in [0.2, 0.25) is 0 Å². The second-order valence-electron chi connectivity index (χ2n) is 6.97. The predicted molar refractivity (Wildman–Crippen MR) is 111 cm³/mol. The number of carbonyl (C=O) groups is 2. The van der Waals surface area contributed by atoms with Gasteiger partial charge in [-0.3, -0.25) is 4.90 Å². The van der Waals surface area contributed by atoms with Gasteiger partial charge in [0, 0.05) is 10.1 Å². The standard InChI is InChI=1S/C20H28INO4/c1-15(18(23)25-5)22(19(24)26-20(2,3)4)14-10-6-7-11-16-12-8-9-13-17(16)21/h8-9,12-13H,1,6-7,10-11,14H2,2-5H3. The first-order valence-corrected chi connectivity index (χ1v) is 9.74. The Morgan fingerprint density at radius 2 is 1.81 bits per heavy atom. The zero-order valence-corrected chi connectivity index (χ0v) is 18.2. The summed E-state index contributed by atoms with van der Waals surface area (Å²) in [5, 5.41) is 0. The molecule has 0 saturated carbocycles. The molecule has 1 rings (SSSR count). The van der Waals surface area contributed by atoms with E-state index in [1.807, 2.05) is 12.1 Å². The molecule has 144 valence electrons. The number of carbonyl (C=O) groups excluding carboxylic acids is 2. The molecule has 0 aromatic heterocycles. The van der Waals surface area contributed by atoms with Crippen LogP contribution >= 0.6 is 22.6 Å². The third-order valence-electron chi connectivity index (χ3n) is 3.65. The molecule has 26 heavy (non-hydrogen) atoms. The highest BCUT2D eigenvalue weighted by Gasteiger charge is 2.27. The third-order valence-corrected chi connectivity index (χ3v) is 4.70. The molecule has 0 bridgehead atoms. The lowest BCUT2D eigenvalue weighted by Gasteiger charge is -2.27. The highest BCUT2D eigenvalue weighted by Crippen LogP contribution is 2.17. The number of benzene rings is 1. The van der Waals surface area contributed by atoms with Crippen molar-refractivity contribution >= 4 is 34.7 Å². The fourth-order valence-corrected chi connectivity index (χ4v) is 3.00. The lowest BCUT2D eigenvalue weighted by molar-refractivity contribution is -0.137. The summed E-state index contributed by atoms with van der Waals surface area (Å²) in [5.74, 6) is -0.630. The molecule has 0 fully saturated rings. The lowest BCUT2D eigenvalue weighted by atomic mass is 10.1. The van der Waals surface area contributed by atoms with Gasteiger partial charge in [-0.25, -0.2) is 9.59 Å². The second-order valence-corrected chi connectivity index (χ2v) is 8.13. The van der Waals surface area contributed by atoms with Crippen molar-refractivity contribution in [3.63, 3.8) is 0 Å². The van der Waals surface area contributed by atoms with Gasteiger partial charge in [0.05, 0.1) is 7.11 Å². The molecule has 0 N–H and O–H groups in total. The van der Waals surface area contributed by atoms with Gasteiger partial charge >= 0.3 is 12.1 Å². The van der Waals surface area contributed by atoms with Gasteiger partial charge in [0.1, 0.15) is 11.3 Å². The van der Waals surface area contributed by atoms with Gasteiger partial charge in [-0.15, -0.1) is 0 Å². The Labute approximate surface area is 169 Å². The van der Waals surface area contributed by atoms with Crippen molar-refractivity contribution in [1.82, 2.24) is 4.90 Å². The first kappa shape index (κ1) is 22.5. The quantitative estimate of drug-likeness (QED) is 0.233. The van der Waals surface area contributed by atoms with Crippen LogP contribution in [0, 0.1) is 3.57 Å². The van der Waals surface area contributed by atoms with Crippen LogP contribution in [-0.4, -0.2) is 36.2 Å². The minimum Gasteiger partial charge on any atom is -0.464 e. The second kappa shape index (κ2) is 10.5. The molecule has 1 aromatic carbocycles. The summed E-state index contributed by atoms with van der Waals surface area (Å²) >= 11 is 2.34. The molecule has 0 saturated heterocycles. The van der Waals surface area contributed by atoms with E-state index >= 15 is 0 Å². The number of rotatable bonds is 8.